The summed E-state index contributed by atoms with van der Waals surface area (Å²) in [4.78, 5) is 21.5. The van der Waals surface area contributed by atoms with Gasteiger partial charge in [0, 0.05) is 38.1 Å². The van der Waals surface area contributed by atoms with Crippen LogP contribution in [0.5, 0.6) is 0 Å². The van der Waals surface area contributed by atoms with Crippen LogP contribution in [0.3, 0.4) is 0 Å². The van der Waals surface area contributed by atoms with Crippen molar-refractivity contribution in [3.63, 3.8) is 0 Å². The van der Waals surface area contributed by atoms with E-state index in [4.69, 9.17) is 11.6 Å². The summed E-state index contributed by atoms with van der Waals surface area (Å²) in [5, 5.41) is 6.32. The van der Waals surface area contributed by atoms with E-state index in [1.165, 1.54) is 23.5 Å². The van der Waals surface area contributed by atoms with Crippen molar-refractivity contribution < 1.29 is 9.18 Å². The Hall–Kier alpha value is -2.48. The van der Waals surface area contributed by atoms with Crippen LogP contribution in [0, 0.1) is 5.82 Å². The molecule has 1 amide bonds. The second kappa shape index (κ2) is 9.55. The van der Waals surface area contributed by atoms with Crippen molar-refractivity contribution in [3.05, 3.63) is 81.0 Å². The van der Waals surface area contributed by atoms with Crippen molar-refractivity contribution in [2.45, 2.75) is 13.1 Å². The van der Waals surface area contributed by atoms with Crippen molar-refractivity contribution in [1.82, 2.24) is 15.2 Å². The van der Waals surface area contributed by atoms with Gasteiger partial charge < -0.3 is 10.2 Å². The standard InChI is InChI=1S/C22H22ClFN4OS/c23-18-3-1-2-4-20(18)28-11-9-27(10-12-28)14-21-26-19(15-30-21)22(29)25-13-16-5-7-17(24)8-6-16/h1-8,15H,9-14H2,(H,25,29). The highest BCUT2D eigenvalue weighted by Crippen LogP contribution is 2.26. The summed E-state index contributed by atoms with van der Waals surface area (Å²) in [6, 6.07) is 14.0. The molecule has 3 aromatic rings. The van der Waals surface area contributed by atoms with Crippen LogP contribution in [0.1, 0.15) is 21.1 Å². The van der Waals surface area contributed by atoms with Crippen LogP contribution in [0.15, 0.2) is 53.9 Å². The Balaban J connectivity index is 1.27. The van der Waals surface area contributed by atoms with E-state index in [-0.39, 0.29) is 11.7 Å². The molecule has 30 heavy (non-hydrogen) atoms. The lowest BCUT2D eigenvalue weighted by Gasteiger charge is -2.36. The predicted octanol–water partition coefficient (Wildman–Crippen LogP) is 4.19. The Morgan fingerprint density at radius 2 is 1.83 bits per heavy atom. The smallest absolute Gasteiger partial charge is 0.271 e. The minimum atomic E-state index is -0.290. The van der Waals surface area contributed by atoms with E-state index < -0.39 is 0 Å². The largest absolute Gasteiger partial charge is 0.368 e. The molecule has 8 heteroatoms. The number of halogens is 2. The van der Waals surface area contributed by atoms with Crippen molar-refractivity contribution in [2.24, 2.45) is 0 Å². The molecule has 5 nitrogen and oxygen atoms in total. The van der Waals surface area contributed by atoms with Crippen LogP contribution in [-0.2, 0) is 13.1 Å². The summed E-state index contributed by atoms with van der Waals surface area (Å²) in [6.45, 7) is 4.70. The number of nitrogens with zero attached hydrogens (tertiary/aromatic N) is 3. The second-order valence-electron chi connectivity index (χ2n) is 7.15. The fourth-order valence-corrected chi connectivity index (χ4v) is 4.48. The van der Waals surface area contributed by atoms with Crippen LogP contribution in [-0.4, -0.2) is 42.0 Å². The molecule has 0 aliphatic carbocycles. The molecule has 1 saturated heterocycles. The number of hydrogen-bond acceptors (Lipinski definition) is 5. The monoisotopic (exact) mass is 444 g/mol. The number of nitrogens with one attached hydrogen (secondary N) is 1. The maximum Gasteiger partial charge on any atom is 0.271 e. The van der Waals surface area contributed by atoms with Crippen LogP contribution in [0.25, 0.3) is 0 Å². The van der Waals surface area contributed by atoms with E-state index in [2.05, 4.69) is 26.2 Å². The Kier molecular flexibility index (Phi) is 6.62. The molecule has 4 rings (SSSR count). The molecule has 0 saturated carbocycles. The number of rotatable bonds is 6. The number of para-hydroxylation sites is 1. The molecular formula is C22H22ClFN4OS. The Morgan fingerprint density at radius 1 is 1.10 bits per heavy atom. The first-order chi connectivity index (χ1) is 14.6. The molecule has 1 aliphatic heterocycles. The van der Waals surface area contributed by atoms with E-state index in [0.29, 0.717) is 12.2 Å². The third-order valence-electron chi connectivity index (χ3n) is 5.08. The van der Waals surface area contributed by atoms with Gasteiger partial charge in [-0.05, 0) is 29.8 Å². The molecular weight excluding hydrogens is 423 g/mol. The number of carbonyl (C=O) groups is 1. The molecule has 0 spiro atoms. The normalized spacial score (nSPS) is 14.7. The lowest BCUT2D eigenvalue weighted by atomic mass is 10.2. The van der Waals surface area contributed by atoms with Gasteiger partial charge in [-0.25, -0.2) is 9.37 Å². The van der Waals surface area contributed by atoms with E-state index >= 15 is 0 Å². The van der Waals surface area contributed by atoms with Gasteiger partial charge in [-0.1, -0.05) is 35.9 Å². The SMILES string of the molecule is O=C(NCc1ccc(F)cc1)c1csc(CN2CCN(c3ccccc3Cl)CC2)n1. The minimum absolute atomic E-state index is 0.217. The zero-order valence-electron chi connectivity index (χ0n) is 16.4. The molecule has 2 heterocycles. The first-order valence-electron chi connectivity index (χ1n) is 9.77. The van der Waals surface area contributed by atoms with Gasteiger partial charge in [0.05, 0.1) is 17.3 Å². The van der Waals surface area contributed by atoms with E-state index in [1.807, 2.05) is 18.2 Å². The van der Waals surface area contributed by atoms with Crippen LogP contribution in [0.4, 0.5) is 10.1 Å². The number of piperazine rings is 1. The van der Waals surface area contributed by atoms with E-state index in [0.717, 1.165) is 54.0 Å². The fourth-order valence-electron chi connectivity index (χ4n) is 3.41. The van der Waals surface area contributed by atoms with Crippen LogP contribution < -0.4 is 10.2 Å². The Labute approximate surface area is 184 Å². The first kappa shape index (κ1) is 20.8. The lowest BCUT2D eigenvalue weighted by Crippen LogP contribution is -2.46. The highest BCUT2D eigenvalue weighted by molar-refractivity contribution is 7.09. The van der Waals surface area contributed by atoms with Gasteiger partial charge >= 0.3 is 0 Å². The summed E-state index contributed by atoms with van der Waals surface area (Å²) in [6.07, 6.45) is 0. The van der Waals surface area contributed by atoms with Gasteiger partial charge in [-0.15, -0.1) is 11.3 Å². The lowest BCUT2D eigenvalue weighted by molar-refractivity contribution is 0.0946. The third kappa shape index (κ3) is 5.16. The summed E-state index contributed by atoms with van der Waals surface area (Å²) in [7, 11) is 0. The predicted molar refractivity (Wildman–Crippen MR) is 119 cm³/mol. The molecule has 2 aromatic carbocycles. The van der Waals surface area contributed by atoms with Crippen LogP contribution >= 0.6 is 22.9 Å². The van der Waals surface area contributed by atoms with E-state index in [1.54, 1.807) is 17.5 Å². The van der Waals surface area contributed by atoms with Crippen molar-refractivity contribution in [1.29, 1.82) is 0 Å². The van der Waals surface area contributed by atoms with Gasteiger partial charge in [0.2, 0.25) is 0 Å². The number of hydrogen-bond donors (Lipinski definition) is 1. The van der Waals surface area contributed by atoms with Gasteiger partial charge in [0.25, 0.3) is 5.91 Å². The van der Waals surface area contributed by atoms with Crippen molar-refractivity contribution in [3.8, 4) is 0 Å². The minimum Gasteiger partial charge on any atom is -0.368 e. The molecule has 0 bridgehead atoms. The second-order valence-corrected chi connectivity index (χ2v) is 8.50. The topological polar surface area (TPSA) is 48.5 Å². The first-order valence-corrected chi connectivity index (χ1v) is 11.0. The third-order valence-corrected chi connectivity index (χ3v) is 6.23. The maximum atomic E-state index is 13.0. The fraction of sp³-hybridized carbons (Fsp3) is 0.273. The maximum absolute atomic E-state index is 13.0. The molecule has 1 aromatic heterocycles. The summed E-state index contributed by atoms with van der Waals surface area (Å²) >= 11 is 7.81. The summed E-state index contributed by atoms with van der Waals surface area (Å²) in [5.74, 6) is -0.507. The molecule has 0 unspecified atom stereocenters. The average Bonchev–Trinajstić information content (AvgIpc) is 3.23. The summed E-state index contributed by atoms with van der Waals surface area (Å²) < 4.78 is 13.0. The number of amides is 1. The van der Waals surface area contributed by atoms with E-state index in [9.17, 15) is 9.18 Å². The van der Waals surface area contributed by atoms with Gasteiger partial charge in [-0.3, -0.25) is 9.69 Å². The zero-order chi connectivity index (χ0) is 20.9. The van der Waals surface area contributed by atoms with Gasteiger partial charge in [0.15, 0.2) is 0 Å². The number of benzene rings is 2. The number of anilines is 1. The molecule has 0 atom stereocenters. The highest BCUT2D eigenvalue weighted by atomic mass is 35.5. The highest BCUT2D eigenvalue weighted by Gasteiger charge is 2.20. The number of carbonyl (C=O) groups excluding carboxylic acids is 1. The Bertz CT molecular complexity index is 1000. The molecule has 1 aliphatic rings. The molecule has 1 fully saturated rings. The van der Waals surface area contributed by atoms with Gasteiger partial charge in [0.1, 0.15) is 16.5 Å². The van der Waals surface area contributed by atoms with Crippen molar-refractivity contribution in [2.75, 3.05) is 31.1 Å². The summed E-state index contributed by atoms with van der Waals surface area (Å²) in [5.41, 5.74) is 2.34. The van der Waals surface area contributed by atoms with Crippen LogP contribution in [0.2, 0.25) is 5.02 Å². The Morgan fingerprint density at radius 3 is 2.57 bits per heavy atom. The average molecular weight is 445 g/mol. The number of thiazole rings is 1. The number of aromatic nitrogens is 1. The van der Waals surface area contributed by atoms with Gasteiger partial charge in [-0.2, -0.15) is 0 Å². The molecule has 0 radical (unpaired) electrons. The van der Waals surface area contributed by atoms with Crippen molar-refractivity contribution >= 4 is 34.5 Å². The molecule has 156 valence electrons. The quantitative estimate of drug-likeness (QED) is 0.619. The molecule has 1 N–H and O–H groups in total. The zero-order valence-corrected chi connectivity index (χ0v) is 17.9.